The number of anilines is 1. The van der Waals surface area contributed by atoms with Crippen LogP contribution in [0.15, 0.2) is 29.6 Å². The monoisotopic (exact) mass is 331 g/mol. The summed E-state index contributed by atoms with van der Waals surface area (Å²) in [6, 6.07) is 7.01. The molecule has 2 aromatic rings. The maximum Gasteiger partial charge on any atom is 0.335 e. The van der Waals surface area contributed by atoms with Crippen molar-refractivity contribution < 1.29 is 14.7 Å². The first-order valence-corrected chi connectivity index (χ1v) is 8.23. The molecule has 1 aromatic heterocycles. The summed E-state index contributed by atoms with van der Waals surface area (Å²) >= 11 is 1.39. The molecule has 1 saturated heterocycles. The van der Waals surface area contributed by atoms with E-state index in [1.54, 1.807) is 29.5 Å². The predicted octanol–water partition coefficient (Wildman–Crippen LogP) is 2.51. The van der Waals surface area contributed by atoms with Crippen LogP contribution in [0.3, 0.4) is 0 Å². The lowest BCUT2D eigenvalue weighted by molar-refractivity contribution is 0.0695. The highest BCUT2D eigenvalue weighted by molar-refractivity contribution is 7.13. The molecule has 0 saturated carbocycles. The fraction of sp³-hybridized carbons (Fsp3) is 0.312. The van der Waals surface area contributed by atoms with E-state index < -0.39 is 5.97 Å². The molecule has 6 nitrogen and oxygen atoms in total. The largest absolute Gasteiger partial charge is 0.478 e. The Bertz CT molecular complexity index is 744. The molecule has 1 atom stereocenters. The van der Waals surface area contributed by atoms with Crippen LogP contribution in [0.2, 0.25) is 0 Å². The van der Waals surface area contributed by atoms with E-state index in [2.05, 4.69) is 10.3 Å². The van der Waals surface area contributed by atoms with Crippen LogP contribution in [0.5, 0.6) is 0 Å². The number of carbonyl (C=O) groups excluding carboxylic acids is 1. The summed E-state index contributed by atoms with van der Waals surface area (Å²) in [5.41, 5.74) is 1.55. The smallest absolute Gasteiger partial charge is 0.335 e. The van der Waals surface area contributed by atoms with Gasteiger partial charge >= 0.3 is 5.97 Å². The van der Waals surface area contributed by atoms with Crippen molar-refractivity contribution in [3.05, 3.63) is 46.5 Å². The van der Waals surface area contributed by atoms with Gasteiger partial charge in [0, 0.05) is 31.4 Å². The van der Waals surface area contributed by atoms with E-state index in [-0.39, 0.29) is 11.8 Å². The third-order valence-electron chi connectivity index (χ3n) is 4.04. The molecule has 23 heavy (non-hydrogen) atoms. The molecular formula is C16H17N3O3S. The van der Waals surface area contributed by atoms with Crippen LogP contribution in [0.25, 0.3) is 0 Å². The molecule has 1 aliphatic rings. The number of carboxylic acid groups (broad SMARTS) is 1. The molecule has 0 bridgehead atoms. The minimum absolute atomic E-state index is 0.0497. The quantitative estimate of drug-likeness (QED) is 0.899. The van der Waals surface area contributed by atoms with Gasteiger partial charge < -0.3 is 15.3 Å². The number of carboxylic acids is 1. The molecule has 1 aliphatic heterocycles. The molecule has 1 fully saturated rings. The second-order valence-electron chi connectivity index (χ2n) is 5.42. The zero-order valence-electron chi connectivity index (χ0n) is 12.7. The van der Waals surface area contributed by atoms with Crippen LogP contribution < -0.4 is 5.32 Å². The van der Waals surface area contributed by atoms with E-state index in [0.29, 0.717) is 29.5 Å². The number of benzene rings is 1. The van der Waals surface area contributed by atoms with Gasteiger partial charge in [-0.15, -0.1) is 11.3 Å². The van der Waals surface area contributed by atoms with Crippen molar-refractivity contribution in [3.8, 4) is 0 Å². The summed E-state index contributed by atoms with van der Waals surface area (Å²) in [6.45, 7) is 1.14. The maximum atomic E-state index is 12.5. The highest BCUT2D eigenvalue weighted by Crippen LogP contribution is 2.30. The molecule has 7 heteroatoms. The molecule has 2 N–H and O–H groups in total. The Morgan fingerprint density at radius 2 is 2.17 bits per heavy atom. The molecule has 1 amide bonds. The van der Waals surface area contributed by atoms with Gasteiger partial charge in [0.05, 0.1) is 5.56 Å². The van der Waals surface area contributed by atoms with Gasteiger partial charge in [0.2, 0.25) is 0 Å². The highest BCUT2D eigenvalue weighted by Gasteiger charge is 2.31. The third-order valence-corrected chi connectivity index (χ3v) is 4.90. The number of hydrogen-bond acceptors (Lipinski definition) is 5. The number of aromatic carboxylic acids is 1. The van der Waals surface area contributed by atoms with Crippen LogP contribution in [0, 0.1) is 0 Å². The summed E-state index contributed by atoms with van der Waals surface area (Å²) in [6.07, 6.45) is 0.763. The van der Waals surface area contributed by atoms with Crippen LogP contribution in [-0.2, 0) is 0 Å². The molecule has 1 aromatic carbocycles. The number of carbonyl (C=O) groups is 2. The standard InChI is InChI=1S/C16H17N3O3S/c1-17-16-18-13(9-23-16)14(20)19-7-6-10(8-19)11-4-2-3-5-12(11)15(21)22/h2-5,9-10H,6-8H2,1H3,(H,17,18)(H,21,22). The number of thiazole rings is 1. The summed E-state index contributed by atoms with van der Waals surface area (Å²) in [4.78, 5) is 29.8. The SMILES string of the molecule is CNc1nc(C(=O)N2CCC(c3ccccc3C(=O)O)C2)cs1. The van der Waals surface area contributed by atoms with Crippen molar-refractivity contribution in [1.82, 2.24) is 9.88 Å². The van der Waals surface area contributed by atoms with E-state index >= 15 is 0 Å². The lowest BCUT2D eigenvalue weighted by atomic mass is 9.93. The van der Waals surface area contributed by atoms with Gasteiger partial charge in [0.15, 0.2) is 5.13 Å². The van der Waals surface area contributed by atoms with Gasteiger partial charge in [0.1, 0.15) is 5.69 Å². The average molecular weight is 331 g/mol. The van der Waals surface area contributed by atoms with Gasteiger partial charge in [0.25, 0.3) is 5.91 Å². The molecule has 0 radical (unpaired) electrons. The van der Waals surface area contributed by atoms with Crippen LogP contribution in [0.1, 0.15) is 38.7 Å². The molecule has 120 valence electrons. The van der Waals surface area contributed by atoms with Gasteiger partial charge in [-0.3, -0.25) is 4.79 Å². The Balaban J connectivity index is 1.76. The number of hydrogen-bond donors (Lipinski definition) is 2. The summed E-state index contributed by atoms with van der Waals surface area (Å²) in [5.74, 6) is -0.977. The second kappa shape index (κ2) is 6.37. The Hall–Kier alpha value is -2.41. The lowest BCUT2D eigenvalue weighted by Gasteiger charge is -2.16. The van der Waals surface area contributed by atoms with Crippen molar-refractivity contribution in [3.63, 3.8) is 0 Å². The molecule has 3 rings (SSSR count). The average Bonchev–Trinajstić information content (AvgIpc) is 3.23. The first kappa shape index (κ1) is 15.5. The van der Waals surface area contributed by atoms with Gasteiger partial charge in [-0.2, -0.15) is 0 Å². The van der Waals surface area contributed by atoms with Crippen molar-refractivity contribution in [1.29, 1.82) is 0 Å². The number of nitrogens with zero attached hydrogens (tertiary/aromatic N) is 2. The molecular weight excluding hydrogens is 314 g/mol. The molecule has 0 spiro atoms. The van der Waals surface area contributed by atoms with E-state index in [0.717, 1.165) is 12.0 Å². The summed E-state index contributed by atoms with van der Waals surface area (Å²) in [7, 11) is 1.77. The third kappa shape index (κ3) is 3.05. The van der Waals surface area contributed by atoms with Crippen molar-refractivity contribution in [2.45, 2.75) is 12.3 Å². The zero-order valence-corrected chi connectivity index (χ0v) is 13.5. The Morgan fingerprint density at radius 1 is 1.39 bits per heavy atom. The maximum absolute atomic E-state index is 12.5. The van der Waals surface area contributed by atoms with Crippen LogP contribution in [0.4, 0.5) is 5.13 Å². The lowest BCUT2D eigenvalue weighted by Crippen LogP contribution is -2.28. The second-order valence-corrected chi connectivity index (χ2v) is 6.28. The van der Waals surface area contributed by atoms with E-state index in [1.165, 1.54) is 11.3 Å². The highest BCUT2D eigenvalue weighted by atomic mass is 32.1. The zero-order chi connectivity index (χ0) is 16.4. The summed E-state index contributed by atoms with van der Waals surface area (Å²) < 4.78 is 0. The number of rotatable bonds is 4. The molecule has 2 heterocycles. The van der Waals surface area contributed by atoms with Crippen LogP contribution in [-0.4, -0.2) is 47.0 Å². The van der Waals surface area contributed by atoms with E-state index in [9.17, 15) is 14.7 Å². The Morgan fingerprint density at radius 3 is 2.87 bits per heavy atom. The fourth-order valence-electron chi connectivity index (χ4n) is 2.90. The van der Waals surface area contributed by atoms with E-state index in [4.69, 9.17) is 0 Å². The normalized spacial score (nSPS) is 17.3. The summed E-state index contributed by atoms with van der Waals surface area (Å²) in [5, 5.41) is 14.7. The predicted molar refractivity (Wildman–Crippen MR) is 88.3 cm³/mol. The van der Waals surface area contributed by atoms with Crippen LogP contribution >= 0.6 is 11.3 Å². The van der Waals surface area contributed by atoms with Crippen molar-refractivity contribution in [2.24, 2.45) is 0 Å². The topological polar surface area (TPSA) is 82.5 Å². The number of amides is 1. The first-order valence-electron chi connectivity index (χ1n) is 7.35. The number of likely N-dealkylation sites (tertiary alicyclic amines) is 1. The Kier molecular flexibility index (Phi) is 4.29. The van der Waals surface area contributed by atoms with Gasteiger partial charge in [-0.1, -0.05) is 18.2 Å². The number of nitrogens with one attached hydrogen (secondary N) is 1. The first-order chi connectivity index (χ1) is 11.1. The minimum Gasteiger partial charge on any atom is -0.478 e. The van der Waals surface area contributed by atoms with Crippen molar-refractivity contribution >= 4 is 28.3 Å². The molecule has 1 unspecified atom stereocenters. The van der Waals surface area contributed by atoms with E-state index in [1.807, 2.05) is 12.1 Å². The van der Waals surface area contributed by atoms with Gasteiger partial charge in [-0.05, 0) is 18.1 Å². The number of aromatic nitrogens is 1. The minimum atomic E-state index is -0.927. The Labute approximate surface area is 137 Å². The van der Waals surface area contributed by atoms with Gasteiger partial charge in [-0.25, -0.2) is 9.78 Å². The molecule has 0 aliphatic carbocycles. The fourth-order valence-corrected chi connectivity index (χ4v) is 3.54. The van der Waals surface area contributed by atoms with Crippen molar-refractivity contribution in [2.75, 3.05) is 25.5 Å².